The number of hydrogen-bond acceptors (Lipinski definition) is 1. The lowest BCUT2D eigenvalue weighted by Gasteiger charge is -2.29. The van der Waals surface area contributed by atoms with E-state index in [1.54, 1.807) is 0 Å². The Kier molecular flexibility index (Phi) is 2.19. The lowest BCUT2D eigenvalue weighted by atomic mass is 10.1. The second kappa shape index (κ2) is 2.59. The van der Waals surface area contributed by atoms with Gasteiger partial charge in [-0.3, -0.25) is 0 Å². The quantitative estimate of drug-likeness (QED) is 0.595. The van der Waals surface area contributed by atoms with Gasteiger partial charge in [0.1, 0.15) is 0 Å². The first-order chi connectivity index (χ1) is 4.86. The summed E-state index contributed by atoms with van der Waals surface area (Å²) in [5, 5.41) is 0. The smallest absolute Gasteiger partial charge is 0.184 e. The van der Waals surface area contributed by atoms with Gasteiger partial charge < -0.3 is 4.43 Å². The fraction of sp³-hybridized carbons (Fsp3) is 1.00. The van der Waals surface area contributed by atoms with Gasteiger partial charge in [0, 0.05) is 0 Å². The zero-order valence-electron chi connectivity index (χ0n) is 8.40. The molecule has 11 heavy (non-hydrogen) atoms. The molecule has 0 amide bonds. The molecular weight excluding hydrogens is 152 g/mol. The third kappa shape index (κ3) is 2.31. The van der Waals surface area contributed by atoms with Crippen molar-refractivity contribution in [3.8, 4) is 0 Å². The summed E-state index contributed by atoms with van der Waals surface area (Å²) in [6, 6.07) is 0. The van der Waals surface area contributed by atoms with E-state index in [0.717, 1.165) is 0 Å². The summed E-state index contributed by atoms with van der Waals surface area (Å²) in [4.78, 5) is 0. The van der Waals surface area contributed by atoms with Crippen molar-refractivity contribution in [2.45, 2.75) is 51.9 Å². The Balaban J connectivity index is 2.48. The second-order valence-corrected chi connectivity index (χ2v) is 9.36. The largest absolute Gasteiger partial charge is 0.412 e. The van der Waals surface area contributed by atoms with Crippen LogP contribution in [0, 0.1) is 5.92 Å². The molecule has 0 bridgehead atoms. The van der Waals surface area contributed by atoms with Crippen molar-refractivity contribution < 1.29 is 4.43 Å². The van der Waals surface area contributed by atoms with Crippen molar-refractivity contribution in [1.29, 1.82) is 0 Å². The maximum atomic E-state index is 6.14. The van der Waals surface area contributed by atoms with Crippen LogP contribution in [-0.2, 0) is 4.43 Å². The topological polar surface area (TPSA) is 9.23 Å². The van der Waals surface area contributed by atoms with E-state index in [1.807, 2.05) is 0 Å². The molecule has 0 atom stereocenters. The van der Waals surface area contributed by atoms with Gasteiger partial charge in [-0.1, -0.05) is 13.8 Å². The molecule has 0 heterocycles. The van der Waals surface area contributed by atoms with E-state index < -0.39 is 8.32 Å². The molecule has 66 valence electrons. The standard InChI is InChI=1S/C9H20OSi/c1-8(2)9(6-7-9)10-11(3,4)5/h8H,6-7H2,1-5H3. The first-order valence-corrected chi connectivity index (χ1v) is 7.97. The normalized spacial score (nSPS) is 22.4. The van der Waals surface area contributed by atoms with Gasteiger partial charge in [-0.05, 0) is 38.4 Å². The van der Waals surface area contributed by atoms with E-state index in [-0.39, 0.29) is 0 Å². The Morgan fingerprint density at radius 1 is 1.18 bits per heavy atom. The minimum Gasteiger partial charge on any atom is -0.412 e. The summed E-state index contributed by atoms with van der Waals surface area (Å²) >= 11 is 0. The van der Waals surface area contributed by atoms with Gasteiger partial charge in [0.05, 0.1) is 5.60 Å². The molecule has 0 saturated heterocycles. The minimum atomic E-state index is -1.29. The molecule has 0 aliphatic heterocycles. The molecule has 0 unspecified atom stereocenters. The Morgan fingerprint density at radius 2 is 1.64 bits per heavy atom. The van der Waals surface area contributed by atoms with Crippen LogP contribution in [-0.4, -0.2) is 13.9 Å². The van der Waals surface area contributed by atoms with Crippen LogP contribution in [0.2, 0.25) is 19.6 Å². The van der Waals surface area contributed by atoms with Gasteiger partial charge >= 0.3 is 0 Å². The first kappa shape index (κ1) is 9.27. The average Bonchev–Trinajstić information content (AvgIpc) is 2.43. The Hall–Kier alpha value is 0.177. The van der Waals surface area contributed by atoms with E-state index in [1.165, 1.54) is 12.8 Å². The van der Waals surface area contributed by atoms with Gasteiger partial charge in [-0.25, -0.2) is 0 Å². The molecule has 0 aromatic carbocycles. The van der Waals surface area contributed by atoms with E-state index in [9.17, 15) is 0 Å². The van der Waals surface area contributed by atoms with Crippen molar-refractivity contribution in [2.75, 3.05) is 0 Å². The van der Waals surface area contributed by atoms with Gasteiger partial charge in [0.25, 0.3) is 0 Å². The van der Waals surface area contributed by atoms with Crippen LogP contribution in [0.3, 0.4) is 0 Å². The van der Waals surface area contributed by atoms with Crippen LogP contribution < -0.4 is 0 Å². The summed E-state index contributed by atoms with van der Waals surface area (Å²) in [6.45, 7) is 11.4. The Bertz CT molecular complexity index is 142. The van der Waals surface area contributed by atoms with Gasteiger partial charge in [0.2, 0.25) is 0 Å². The van der Waals surface area contributed by atoms with Crippen molar-refractivity contribution >= 4 is 8.32 Å². The number of hydrogen-bond donors (Lipinski definition) is 0. The third-order valence-corrected chi connectivity index (χ3v) is 3.32. The maximum Gasteiger partial charge on any atom is 0.184 e. The Labute approximate surface area is 71.3 Å². The highest BCUT2D eigenvalue weighted by molar-refractivity contribution is 6.69. The van der Waals surface area contributed by atoms with E-state index in [4.69, 9.17) is 4.43 Å². The number of rotatable bonds is 3. The summed E-state index contributed by atoms with van der Waals surface area (Å²) in [5.74, 6) is 0.703. The fourth-order valence-electron chi connectivity index (χ4n) is 1.53. The molecule has 1 aliphatic carbocycles. The predicted molar refractivity (Wildman–Crippen MR) is 51.2 cm³/mol. The maximum absolute atomic E-state index is 6.14. The third-order valence-electron chi connectivity index (χ3n) is 2.30. The summed E-state index contributed by atoms with van der Waals surface area (Å²) in [7, 11) is -1.29. The molecule has 0 aromatic heterocycles. The van der Waals surface area contributed by atoms with Crippen LogP contribution in [0.4, 0.5) is 0 Å². The first-order valence-electron chi connectivity index (χ1n) is 4.56. The molecule has 0 spiro atoms. The fourth-order valence-corrected chi connectivity index (χ4v) is 3.19. The van der Waals surface area contributed by atoms with Crippen LogP contribution in [0.5, 0.6) is 0 Å². The van der Waals surface area contributed by atoms with Crippen molar-refractivity contribution in [3.63, 3.8) is 0 Å². The van der Waals surface area contributed by atoms with Crippen molar-refractivity contribution in [3.05, 3.63) is 0 Å². The summed E-state index contributed by atoms with van der Waals surface area (Å²) in [6.07, 6.45) is 2.57. The molecule has 0 radical (unpaired) electrons. The van der Waals surface area contributed by atoms with Gasteiger partial charge in [-0.2, -0.15) is 0 Å². The second-order valence-electron chi connectivity index (χ2n) is 4.93. The molecular formula is C9H20OSi. The average molecular weight is 172 g/mol. The van der Waals surface area contributed by atoms with E-state index in [0.29, 0.717) is 11.5 Å². The molecule has 0 N–H and O–H groups in total. The Morgan fingerprint density at radius 3 is 1.73 bits per heavy atom. The molecule has 1 nitrogen and oxygen atoms in total. The van der Waals surface area contributed by atoms with Gasteiger partial charge in [0.15, 0.2) is 8.32 Å². The zero-order valence-corrected chi connectivity index (χ0v) is 9.40. The monoisotopic (exact) mass is 172 g/mol. The van der Waals surface area contributed by atoms with Crippen LogP contribution in [0.1, 0.15) is 26.7 Å². The van der Waals surface area contributed by atoms with Gasteiger partial charge in [-0.15, -0.1) is 0 Å². The van der Waals surface area contributed by atoms with Crippen molar-refractivity contribution in [2.24, 2.45) is 5.92 Å². The lowest BCUT2D eigenvalue weighted by Crippen LogP contribution is -2.36. The predicted octanol–water partition coefficient (Wildman–Crippen LogP) is 3.03. The molecule has 1 rings (SSSR count). The van der Waals surface area contributed by atoms with Crippen LogP contribution >= 0.6 is 0 Å². The summed E-state index contributed by atoms with van der Waals surface area (Å²) in [5.41, 5.74) is 0.296. The van der Waals surface area contributed by atoms with Crippen molar-refractivity contribution in [1.82, 2.24) is 0 Å². The van der Waals surface area contributed by atoms with Crippen LogP contribution in [0.15, 0.2) is 0 Å². The minimum absolute atomic E-state index is 0.296. The van der Waals surface area contributed by atoms with E-state index in [2.05, 4.69) is 33.5 Å². The molecule has 1 aliphatic rings. The molecule has 2 heteroatoms. The molecule has 1 saturated carbocycles. The zero-order chi connectivity index (χ0) is 8.70. The SMILES string of the molecule is CC(C)C1(O[Si](C)(C)C)CC1. The van der Waals surface area contributed by atoms with Crippen LogP contribution in [0.25, 0.3) is 0 Å². The molecule has 0 aromatic rings. The highest BCUT2D eigenvalue weighted by atomic mass is 28.4. The summed E-state index contributed by atoms with van der Waals surface area (Å²) < 4.78 is 6.14. The lowest BCUT2D eigenvalue weighted by molar-refractivity contribution is 0.119. The highest BCUT2D eigenvalue weighted by Gasteiger charge is 2.48. The van der Waals surface area contributed by atoms with E-state index >= 15 is 0 Å². The highest BCUT2D eigenvalue weighted by Crippen LogP contribution is 2.47. The molecule has 1 fully saturated rings.